The van der Waals surface area contributed by atoms with E-state index in [-0.39, 0.29) is 31.1 Å². The van der Waals surface area contributed by atoms with Gasteiger partial charge in [0.2, 0.25) is 5.95 Å². The van der Waals surface area contributed by atoms with E-state index in [2.05, 4.69) is 25.1 Å². The third-order valence-electron chi connectivity index (χ3n) is 6.92. The SMILES string of the molecule is Cc1cnc(Nc2ccc(N3CCC(N(C)CCOC(=O)C(F)(F)F)CC3)c(F)c2)nc1-c1cnn(C(C)C)c1. The Bertz CT molecular complexity index is 1320. The predicted octanol–water partition coefficient (Wildman–Crippen LogP) is 5.12. The van der Waals surface area contributed by atoms with Gasteiger partial charge in [-0.2, -0.15) is 18.3 Å². The molecule has 3 heterocycles. The van der Waals surface area contributed by atoms with Crippen molar-refractivity contribution in [3.63, 3.8) is 0 Å². The molecule has 1 aliphatic heterocycles. The molecule has 40 heavy (non-hydrogen) atoms. The monoisotopic (exact) mass is 563 g/mol. The first kappa shape index (κ1) is 29.2. The molecule has 0 aliphatic carbocycles. The standard InChI is InChI=1S/C27H33F4N7O2/c1-17(2)38-16-19(15-33-38)24-18(3)14-32-26(35-24)34-20-5-6-23(22(28)13-20)37-9-7-21(8-10-37)36(4)11-12-40-25(39)27(29,30)31/h5-6,13-17,21H,7-12H2,1-4H3,(H,32,34,35). The number of aromatic nitrogens is 4. The summed E-state index contributed by atoms with van der Waals surface area (Å²) < 4.78 is 58.1. The van der Waals surface area contributed by atoms with E-state index >= 15 is 4.39 Å². The Morgan fingerprint density at radius 2 is 1.95 bits per heavy atom. The van der Waals surface area contributed by atoms with Crippen molar-refractivity contribution in [1.29, 1.82) is 0 Å². The van der Waals surface area contributed by atoms with Gasteiger partial charge in [0, 0.05) is 55.4 Å². The number of benzene rings is 1. The molecule has 13 heteroatoms. The lowest BCUT2D eigenvalue weighted by molar-refractivity contribution is -0.200. The number of esters is 1. The van der Waals surface area contributed by atoms with Crippen LogP contribution in [0.1, 0.15) is 38.3 Å². The minimum atomic E-state index is -4.99. The molecule has 0 saturated carbocycles. The van der Waals surface area contributed by atoms with Crippen LogP contribution in [0.25, 0.3) is 11.3 Å². The summed E-state index contributed by atoms with van der Waals surface area (Å²) in [6.45, 7) is 7.01. The fraction of sp³-hybridized carbons (Fsp3) is 0.481. The number of ether oxygens (including phenoxy) is 1. The zero-order chi connectivity index (χ0) is 29.0. The number of nitrogens with zero attached hydrogens (tertiary/aromatic N) is 6. The molecule has 1 fully saturated rings. The summed E-state index contributed by atoms with van der Waals surface area (Å²) in [6, 6.07) is 5.19. The third-order valence-corrected chi connectivity index (χ3v) is 6.92. The van der Waals surface area contributed by atoms with E-state index < -0.39 is 12.1 Å². The van der Waals surface area contributed by atoms with Crippen molar-refractivity contribution in [2.75, 3.05) is 43.5 Å². The summed E-state index contributed by atoms with van der Waals surface area (Å²) in [5.74, 6) is -2.23. The van der Waals surface area contributed by atoms with Gasteiger partial charge >= 0.3 is 12.1 Å². The van der Waals surface area contributed by atoms with E-state index in [1.54, 1.807) is 31.6 Å². The van der Waals surface area contributed by atoms with Crippen LogP contribution in [0, 0.1) is 12.7 Å². The highest BCUT2D eigenvalue weighted by molar-refractivity contribution is 5.75. The number of carbonyl (C=O) groups is 1. The molecule has 1 aliphatic rings. The minimum absolute atomic E-state index is 0.0883. The van der Waals surface area contributed by atoms with Gasteiger partial charge in [-0.25, -0.2) is 19.2 Å². The Hall–Kier alpha value is -3.74. The number of anilines is 3. The first-order chi connectivity index (χ1) is 18.9. The third kappa shape index (κ3) is 7.06. The van der Waals surface area contributed by atoms with Gasteiger partial charge in [-0.05, 0) is 64.4 Å². The molecular formula is C27H33F4N7O2. The van der Waals surface area contributed by atoms with Gasteiger partial charge in [0.1, 0.15) is 12.4 Å². The van der Waals surface area contributed by atoms with E-state index in [1.165, 1.54) is 6.07 Å². The van der Waals surface area contributed by atoms with Crippen molar-refractivity contribution in [2.45, 2.75) is 51.9 Å². The van der Waals surface area contributed by atoms with E-state index in [0.29, 0.717) is 43.3 Å². The molecule has 216 valence electrons. The molecule has 0 bridgehead atoms. The second-order valence-corrected chi connectivity index (χ2v) is 10.2. The van der Waals surface area contributed by atoms with Crippen LogP contribution in [0.2, 0.25) is 0 Å². The van der Waals surface area contributed by atoms with Gasteiger partial charge < -0.3 is 15.0 Å². The molecule has 9 nitrogen and oxygen atoms in total. The number of carbonyl (C=O) groups excluding carboxylic acids is 1. The van der Waals surface area contributed by atoms with Gasteiger partial charge in [0.05, 0.1) is 17.6 Å². The van der Waals surface area contributed by atoms with Crippen LogP contribution in [0.4, 0.5) is 34.9 Å². The summed E-state index contributed by atoms with van der Waals surface area (Å²) in [5.41, 5.74) is 3.49. The Labute approximate surface area is 230 Å². The number of nitrogens with one attached hydrogen (secondary N) is 1. The maximum atomic E-state index is 15.1. The molecular weight excluding hydrogens is 530 g/mol. The van der Waals surface area contributed by atoms with E-state index in [1.807, 2.05) is 41.4 Å². The van der Waals surface area contributed by atoms with Gasteiger partial charge in [0.15, 0.2) is 0 Å². The molecule has 0 unspecified atom stereocenters. The molecule has 0 amide bonds. The van der Waals surface area contributed by atoms with Crippen LogP contribution in [0.5, 0.6) is 0 Å². The normalized spacial score (nSPS) is 14.7. The zero-order valence-corrected chi connectivity index (χ0v) is 22.9. The average Bonchev–Trinajstić information content (AvgIpc) is 3.40. The molecule has 4 rings (SSSR count). The maximum Gasteiger partial charge on any atom is 0.490 e. The summed E-state index contributed by atoms with van der Waals surface area (Å²) in [7, 11) is 1.78. The lowest BCUT2D eigenvalue weighted by Crippen LogP contribution is -2.44. The average molecular weight is 564 g/mol. The van der Waals surface area contributed by atoms with Gasteiger partial charge in [0.25, 0.3) is 0 Å². The van der Waals surface area contributed by atoms with E-state index in [4.69, 9.17) is 0 Å². The lowest BCUT2D eigenvalue weighted by Gasteiger charge is -2.38. The van der Waals surface area contributed by atoms with Crippen molar-refractivity contribution in [2.24, 2.45) is 0 Å². The minimum Gasteiger partial charge on any atom is -0.458 e. The van der Waals surface area contributed by atoms with Crippen LogP contribution >= 0.6 is 0 Å². The maximum absolute atomic E-state index is 15.1. The number of hydrogen-bond acceptors (Lipinski definition) is 8. The summed E-state index contributed by atoms with van der Waals surface area (Å²) in [6.07, 6.45) is 1.79. The number of likely N-dealkylation sites (N-methyl/N-ethyl adjacent to an activating group) is 1. The van der Waals surface area contributed by atoms with Crippen molar-refractivity contribution in [3.8, 4) is 11.3 Å². The van der Waals surface area contributed by atoms with Gasteiger partial charge in [-0.15, -0.1) is 0 Å². The topological polar surface area (TPSA) is 88.4 Å². The van der Waals surface area contributed by atoms with Gasteiger partial charge in [-0.1, -0.05) is 0 Å². The Kier molecular flexibility index (Phi) is 8.92. The molecule has 1 saturated heterocycles. The summed E-state index contributed by atoms with van der Waals surface area (Å²) in [5, 5.41) is 7.46. The lowest BCUT2D eigenvalue weighted by atomic mass is 10.0. The number of hydrogen-bond donors (Lipinski definition) is 1. The fourth-order valence-corrected chi connectivity index (χ4v) is 4.60. The van der Waals surface area contributed by atoms with Crippen LogP contribution in [0.15, 0.2) is 36.8 Å². The smallest absolute Gasteiger partial charge is 0.458 e. The first-order valence-corrected chi connectivity index (χ1v) is 13.1. The second-order valence-electron chi connectivity index (χ2n) is 10.2. The molecule has 1 aromatic carbocycles. The fourth-order valence-electron chi connectivity index (χ4n) is 4.60. The first-order valence-electron chi connectivity index (χ1n) is 13.1. The number of halogens is 4. The van der Waals surface area contributed by atoms with Crippen molar-refractivity contribution >= 4 is 23.3 Å². The number of rotatable bonds is 9. The number of aryl methyl sites for hydroxylation is 1. The summed E-state index contributed by atoms with van der Waals surface area (Å²) in [4.78, 5) is 23.6. The quantitative estimate of drug-likeness (QED) is 0.284. The van der Waals surface area contributed by atoms with E-state index in [0.717, 1.165) is 16.8 Å². The molecule has 0 spiro atoms. The Morgan fingerprint density at radius 1 is 1.23 bits per heavy atom. The highest BCUT2D eigenvalue weighted by atomic mass is 19.4. The molecule has 3 aromatic rings. The molecule has 0 radical (unpaired) electrons. The largest absolute Gasteiger partial charge is 0.490 e. The molecule has 0 atom stereocenters. The molecule has 1 N–H and O–H groups in total. The van der Waals surface area contributed by atoms with E-state index in [9.17, 15) is 18.0 Å². The Morgan fingerprint density at radius 3 is 2.58 bits per heavy atom. The number of alkyl halides is 3. The van der Waals surface area contributed by atoms with Crippen LogP contribution in [-0.4, -0.2) is 76.1 Å². The Balaban J connectivity index is 1.33. The van der Waals surface area contributed by atoms with Crippen molar-refractivity contribution < 1.29 is 27.1 Å². The highest BCUT2D eigenvalue weighted by Gasteiger charge is 2.40. The number of piperidine rings is 1. The summed E-state index contributed by atoms with van der Waals surface area (Å²) >= 11 is 0. The molecule has 2 aromatic heterocycles. The predicted molar refractivity (Wildman–Crippen MR) is 143 cm³/mol. The van der Waals surface area contributed by atoms with Gasteiger partial charge in [-0.3, -0.25) is 9.58 Å². The van der Waals surface area contributed by atoms with Crippen LogP contribution < -0.4 is 10.2 Å². The zero-order valence-electron chi connectivity index (χ0n) is 22.9. The second kappa shape index (κ2) is 12.2. The van der Waals surface area contributed by atoms with Crippen molar-refractivity contribution in [3.05, 3.63) is 48.2 Å². The highest BCUT2D eigenvalue weighted by Crippen LogP contribution is 2.29. The van der Waals surface area contributed by atoms with Crippen molar-refractivity contribution in [1.82, 2.24) is 24.6 Å². The van der Waals surface area contributed by atoms with Crippen LogP contribution in [-0.2, 0) is 9.53 Å². The van der Waals surface area contributed by atoms with Crippen LogP contribution in [0.3, 0.4) is 0 Å².